The number of aliphatic carboxylic acids is 1. The molecule has 0 saturated carbocycles. The first-order valence-electron chi connectivity index (χ1n) is 19.5. The van der Waals surface area contributed by atoms with Crippen LogP contribution in [-0.2, 0) is 39.9 Å². The van der Waals surface area contributed by atoms with Gasteiger partial charge in [-0.05, 0) is 49.0 Å². The zero-order valence-electron chi connectivity index (χ0n) is 33.8. The third-order valence-corrected chi connectivity index (χ3v) is 11.7. The number of benzene rings is 1. The van der Waals surface area contributed by atoms with E-state index in [-0.39, 0.29) is 78.8 Å². The largest absolute Gasteiger partial charge is 0.481 e. The van der Waals surface area contributed by atoms with Crippen LogP contribution >= 0.6 is 0 Å². The summed E-state index contributed by atoms with van der Waals surface area (Å²) in [5, 5.41) is 9.93. The summed E-state index contributed by atoms with van der Waals surface area (Å²) in [6, 6.07) is 8.50. The first-order chi connectivity index (χ1) is 24.5. The minimum atomic E-state index is -1.02. The Kier molecular flexibility index (Phi) is 18.7. The molecule has 1 saturated heterocycles. The number of carboxylic acids is 1. The van der Waals surface area contributed by atoms with Crippen LogP contribution in [0.2, 0.25) is 0 Å². The molecule has 0 aliphatic carbocycles. The molecule has 9 atom stereocenters. The Morgan fingerprint density at radius 1 is 0.846 bits per heavy atom. The van der Waals surface area contributed by atoms with Crippen molar-refractivity contribution >= 4 is 29.4 Å². The number of ketones is 2. The van der Waals surface area contributed by atoms with Crippen LogP contribution in [0.25, 0.3) is 0 Å². The minimum absolute atomic E-state index is 0.00563. The Morgan fingerprint density at radius 2 is 1.46 bits per heavy atom. The molecule has 0 radical (unpaired) electrons. The second-order valence-electron chi connectivity index (χ2n) is 15.8. The number of methoxy groups -OCH3 is 2. The van der Waals surface area contributed by atoms with Crippen molar-refractivity contribution < 1.29 is 38.6 Å². The number of carbonyl (C=O) groups excluding carboxylic acids is 4. The second kappa shape index (κ2) is 21.6. The Balaban J connectivity index is 2.26. The molecule has 10 nitrogen and oxygen atoms in total. The van der Waals surface area contributed by atoms with Crippen molar-refractivity contribution in [3.8, 4) is 0 Å². The van der Waals surface area contributed by atoms with E-state index in [9.17, 15) is 29.1 Å². The van der Waals surface area contributed by atoms with E-state index in [0.717, 1.165) is 24.8 Å². The molecule has 2 amide bonds. The Morgan fingerprint density at radius 3 is 1.96 bits per heavy atom. The lowest BCUT2D eigenvalue weighted by Gasteiger charge is -2.41. The Hall–Kier alpha value is -3.11. The minimum Gasteiger partial charge on any atom is -0.481 e. The fraction of sp³-hybridized carbons (Fsp3) is 0.738. The molecule has 1 N–H and O–H groups in total. The van der Waals surface area contributed by atoms with Gasteiger partial charge in [-0.15, -0.1) is 0 Å². The van der Waals surface area contributed by atoms with Crippen molar-refractivity contribution in [1.29, 1.82) is 0 Å². The predicted octanol–water partition coefficient (Wildman–Crippen LogP) is 6.72. The van der Waals surface area contributed by atoms with Crippen LogP contribution in [0.3, 0.4) is 0 Å². The summed E-state index contributed by atoms with van der Waals surface area (Å²) >= 11 is 0. The highest BCUT2D eigenvalue weighted by molar-refractivity contribution is 5.89. The fourth-order valence-electron chi connectivity index (χ4n) is 8.22. The maximum atomic E-state index is 14.2. The first-order valence-corrected chi connectivity index (χ1v) is 19.5. The molecule has 1 aromatic carbocycles. The average Bonchev–Trinajstić information content (AvgIpc) is 3.59. The van der Waals surface area contributed by atoms with Crippen LogP contribution in [0.15, 0.2) is 30.3 Å². The number of rotatable bonds is 23. The van der Waals surface area contributed by atoms with Crippen molar-refractivity contribution in [3.05, 3.63) is 35.9 Å². The van der Waals surface area contributed by atoms with Gasteiger partial charge < -0.3 is 24.4 Å². The monoisotopic (exact) mass is 728 g/mol. The number of nitrogens with zero attached hydrogens (tertiary/aromatic N) is 2. The van der Waals surface area contributed by atoms with Gasteiger partial charge in [0.2, 0.25) is 11.8 Å². The number of amides is 2. The van der Waals surface area contributed by atoms with Gasteiger partial charge in [-0.3, -0.25) is 24.0 Å². The van der Waals surface area contributed by atoms with Crippen molar-refractivity contribution in [3.63, 3.8) is 0 Å². The highest BCUT2D eigenvalue weighted by Crippen LogP contribution is 2.32. The fourth-order valence-corrected chi connectivity index (χ4v) is 8.22. The van der Waals surface area contributed by atoms with Crippen LogP contribution in [0.5, 0.6) is 0 Å². The second-order valence-corrected chi connectivity index (χ2v) is 15.8. The molecular weight excluding hydrogens is 660 g/mol. The van der Waals surface area contributed by atoms with Gasteiger partial charge in [-0.25, -0.2) is 0 Å². The van der Waals surface area contributed by atoms with E-state index in [2.05, 4.69) is 13.8 Å². The molecule has 294 valence electrons. The van der Waals surface area contributed by atoms with Crippen molar-refractivity contribution in [1.82, 2.24) is 9.80 Å². The van der Waals surface area contributed by atoms with Gasteiger partial charge in [0.1, 0.15) is 11.6 Å². The van der Waals surface area contributed by atoms with Crippen LogP contribution in [-0.4, -0.2) is 96.4 Å². The maximum Gasteiger partial charge on any atom is 0.307 e. The van der Waals surface area contributed by atoms with Gasteiger partial charge in [0.15, 0.2) is 0 Å². The molecule has 1 aromatic rings. The number of likely N-dealkylation sites (tertiary alicyclic amines) is 1. The lowest BCUT2D eigenvalue weighted by molar-refractivity contribution is -0.149. The van der Waals surface area contributed by atoms with E-state index in [1.54, 1.807) is 30.9 Å². The summed E-state index contributed by atoms with van der Waals surface area (Å²) in [5.74, 6) is -3.29. The number of hydrogen-bond acceptors (Lipinski definition) is 7. The van der Waals surface area contributed by atoms with Gasteiger partial charge in [0.05, 0.1) is 36.6 Å². The molecule has 0 bridgehead atoms. The SMILES string of the molecule is CC[C@H](C(=O)C[C@H](C(=O)N(C)[C@@H]([C@@H](C)CC)[C@@H](CC(=O)N1CCC[C@H]1[C@H](OC)[C@@H](C)C(=O)C[C@@H](Cc1ccccc1)C(=O)O)OC)C(C)C)C(C)C. The first kappa shape index (κ1) is 45.0. The lowest BCUT2D eigenvalue weighted by atomic mass is 9.80. The summed E-state index contributed by atoms with van der Waals surface area (Å²) in [5.41, 5.74) is 0.853. The van der Waals surface area contributed by atoms with Crippen LogP contribution < -0.4 is 0 Å². The topological polar surface area (TPSA) is 131 Å². The normalized spacial score (nSPS) is 19.4. The smallest absolute Gasteiger partial charge is 0.307 e. The van der Waals surface area contributed by atoms with E-state index in [1.165, 1.54) is 7.11 Å². The lowest BCUT2D eigenvalue weighted by Crippen LogP contribution is -2.54. The van der Waals surface area contributed by atoms with Gasteiger partial charge in [-0.2, -0.15) is 0 Å². The molecule has 1 heterocycles. The van der Waals surface area contributed by atoms with Crippen molar-refractivity contribution in [2.24, 2.45) is 41.4 Å². The molecule has 52 heavy (non-hydrogen) atoms. The van der Waals surface area contributed by atoms with Crippen LogP contribution in [0.1, 0.15) is 106 Å². The number of carboxylic acid groups (broad SMARTS) is 1. The Bertz CT molecular complexity index is 1300. The number of carbonyl (C=O) groups is 5. The van der Waals surface area contributed by atoms with E-state index in [1.807, 2.05) is 65.0 Å². The highest BCUT2D eigenvalue weighted by atomic mass is 16.5. The van der Waals surface area contributed by atoms with Crippen LogP contribution in [0, 0.1) is 41.4 Å². The third-order valence-electron chi connectivity index (χ3n) is 11.7. The number of Topliss-reactive ketones (excluding diaryl/α,β-unsaturated/α-hetero) is 2. The zero-order chi connectivity index (χ0) is 39.3. The van der Waals surface area contributed by atoms with E-state index in [0.29, 0.717) is 13.0 Å². The zero-order valence-corrected chi connectivity index (χ0v) is 33.8. The Labute approximate surface area is 313 Å². The molecule has 1 fully saturated rings. The maximum absolute atomic E-state index is 14.2. The summed E-state index contributed by atoms with van der Waals surface area (Å²) in [6.07, 6.45) is 2.01. The molecule has 10 heteroatoms. The highest BCUT2D eigenvalue weighted by Gasteiger charge is 2.43. The van der Waals surface area contributed by atoms with E-state index >= 15 is 0 Å². The van der Waals surface area contributed by atoms with Crippen molar-refractivity contribution in [2.45, 2.75) is 131 Å². The number of ether oxygens (including phenoxy) is 2. The van der Waals surface area contributed by atoms with Gasteiger partial charge in [-0.1, -0.05) is 92.1 Å². The average molecular weight is 729 g/mol. The predicted molar refractivity (Wildman–Crippen MR) is 204 cm³/mol. The van der Waals surface area contributed by atoms with E-state index in [4.69, 9.17) is 9.47 Å². The third kappa shape index (κ3) is 12.0. The summed E-state index contributed by atoms with van der Waals surface area (Å²) < 4.78 is 11.9. The summed E-state index contributed by atoms with van der Waals surface area (Å²) in [6.45, 7) is 16.4. The standard InChI is InChI=1S/C42H68N2O8/c1-12-28(7)39(43(9)41(48)33(27(5)6)24-36(46)32(13-2)26(3)4)37(51-10)25-38(47)44-21-17-20-34(44)40(52-11)29(8)35(45)23-31(42(49)50)22-30-18-15-14-16-19-30/h14-16,18-19,26-29,31-34,37,39-40H,12-13,17,20-25H2,1-11H3,(H,49,50)/t28-,29-,31+,32-,33-,34-,37+,39-,40+/m0/s1. The molecule has 1 aliphatic rings. The molecule has 2 rings (SSSR count). The van der Waals surface area contributed by atoms with E-state index < -0.39 is 42.0 Å². The van der Waals surface area contributed by atoms with Crippen LogP contribution in [0.4, 0.5) is 0 Å². The molecule has 0 unspecified atom stereocenters. The van der Waals surface area contributed by atoms with Gasteiger partial charge in [0, 0.05) is 58.4 Å². The van der Waals surface area contributed by atoms with Crippen molar-refractivity contribution in [2.75, 3.05) is 27.8 Å². The summed E-state index contributed by atoms with van der Waals surface area (Å²) in [4.78, 5) is 70.9. The number of likely N-dealkylation sites (N-methyl/N-ethyl adjacent to an activating group) is 1. The summed E-state index contributed by atoms with van der Waals surface area (Å²) in [7, 11) is 4.87. The number of hydrogen-bond donors (Lipinski definition) is 1. The molecule has 0 aromatic heterocycles. The van der Waals surface area contributed by atoms with Gasteiger partial charge in [0.25, 0.3) is 0 Å². The molecule has 1 aliphatic heterocycles. The molecule has 0 spiro atoms. The quantitative estimate of drug-likeness (QED) is 0.131. The molecular formula is C42H68N2O8. The van der Waals surface area contributed by atoms with Gasteiger partial charge >= 0.3 is 5.97 Å².